The molecule has 3 rings (SSSR count). The van der Waals surface area contributed by atoms with E-state index in [2.05, 4.69) is 16.8 Å². The normalized spacial score (nSPS) is 23.1. The highest BCUT2D eigenvalue weighted by atomic mass is 16.5. The SMILES string of the molecule is CCOC1CCCN(c2nc(C3CC3)nc(N)c2C)C1. The van der Waals surface area contributed by atoms with Gasteiger partial charge in [-0.25, -0.2) is 9.97 Å². The molecule has 5 nitrogen and oxygen atoms in total. The molecule has 2 heterocycles. The molecule has 1 aromatic rings. The van der Waals surface area contributed by atoms with Crippen molar-refractivity contribution < 1.29 is 4.74 Å². The highest BCUT2D eigenvalue weighted by Gasteiger charge is 2.30. The van der Waals surface area contributed by atoms with Crippen molar-refractivity contribution >= 4 is 11.6 Å². The Morgan fingerprint density at radius 2 is 2.10 bits per heavy atom. The number of ether oxygens (including phenoxy) is 1. The largest absolute Gasteiger partial charge is 0.383 e. The smallest absolute Gasteiger partial charge is 0.137 e. The van der Waals surface area contributed by atoms with E-state index in [1.807, 2.05) is 6.92 Å². The van der Waals surface area contributed by atoms with Gasteiger partial charge in [0.25, 0.3) is 0 Å². The van der Waals surface area contributed by atoms with Crippen LogP contribution in [-0.2, 0) is 4.74 Å². The first-order valence-corrected chi connectivity index (χ1v) is 7.69. The minimum Gasteiger partial charge on any atom is -0.383 e. The van der Waals surface area contributed by atoms with Crippen molar-refractivity contribution in [1.82, 2.24) is 9.97 Å². The number of aromatic nitrogens is 2. The van der Waals surface area contributed by atoms with Gasteiger partial charge in [0.05, 0.1) is 6.10 Å². The summed E-state index contributed by atoms with van der Waals surface area (Å²) in [4.78, 5) is 11.6. The zero-order chi connectivity index (χ0) is 14.1. The Kier molecular flexibility index (Phi) is 3.78. The molecule has 2 fully saturated rings. The Bertz CT molecular complexity index is 485. The summed E-state index contributed by atoms with van der Waals surface area (Å²) in [6, 6.07) is 0. The van der Waals surface area contributed by atoms with Gasteiger partial charge in [-0.1, -0.05) is 0 Å². The Hall–Kier alpha value is -1.36. The molecule has 0 amide bonds. The van der Waals surface area contributed by atoms with E-state index in [4.69, 9.17) is 15.5 Å². The molecule has 1 atom stereocenters. The van der Waals surface area contributed by atoms with Gasteiger partial charge in [0.15, 0.2) is 0 Å². The summed E-state index contributed by atoms with van der Waals surface area (Å²) >= 11 is 0. The molecule has 1 saturated carbocycles. The zero-order valence-electron chi connectivity index (χ0n) is 12.4. The van der Waals surface area contributed by atoms with Crippen LogP contribution in [0.2, 0.25) is 0 Å². The van der Waals surface area contributed by atoms with Crippen LogP contribution in [0.15, 0.2) is 0 Å². The number of hydrogen-bond acceptors (Lipinski definition) is 5. The molecule has 2 N–H and O–H groups in total. The average Bonchev–Trinajstić information content (AvgIpc) is 3.27. The number of nitrogens with two attached hydrogens (primary N) is 1. The van der Waals surface area contributed by atoms with Gasteiger partial charge < -0.3 is 15.4 Å². The molecule has 0 bridgehead atoms. The quantitative estimate of drug-likeness (QED) is 0.913. The molecule has 0 radical (unpaired) electrons. The Labute approximate surface area is 120 Å². The van der Waals surface area contributed by atoms with Crippen LogP contribution in [0.25, 0.3) is 0 Å². The van der Waals surface area contributed by atoms with Crippen molar-refractivity contribution in [2.75, 3.05) is 30.3 Å². The number of piperidine rings is 1. The van der Waals surface area contributed by atoms with Crippen LogP contribution in [0.4, 0.5) is 11.6 Å². The maximum Gasteiger partial charge on any atom is 0.137 e. The van der Waals surface area contributed by atoms with E-state index in [-0.39, 0.29) is 0 Å². The monoisotopic (exact) mass is 276 g/mol. The van der Waals surface area contributed by atoms with Crippen LogP contribution in [0.3, 0.4) is 0 Å². The fourth-order valence-electron chi connectivity index (χ4n) is 2.87. The van der Waals surface area contributed by atoms with Crippen molar-refractivity contribution in [1.29, 1.82) is 0 Å². The molecule has 0 spiro atoms. The van der Waals surface area contributed by atoms with Crippen LogP contribution in [-0.4, -0.2) is 35.8 Å². The highest BCUT2D eigenvalue weighted by molar-refractivity contribution is 5.57. The fraction of sp³-hybridized carbons (Fsp3) is 0.733. The summed E-state index contributed by atoms with van der Waals surface area (Å²) in [6.07, 6.45) is 4.99. The number of rotatable bonds is 4. The van der Waals surface area contributed by atoms with E-state index in [1.54, 1.807) is 0 Å². The third-order valence-corrected chi connectivity index (χ3v) is 4.20. The van der Waals surface area contributed by atoms with Crippen LogP contribution in [0.5, 0.6) is 0 Å². The van der Waals surface area contributed by atoms with E-state index in [0.29, 0.717) is 17.8 Å². The second-order valence-electron chi connectivity index (χ2n) is 5.86. The van der Waals surface area contributed by atoms with Crippen LogP contribution in [0, 0.1) is 6.92 Å². The minimum absolute atomic E-state index is 0.314. The number of nitrogen functional groups attached to an aromatic ring is 1. The van der Waals surface area contributed by atoms with Crippen LogP contribution >= 0.6 is 0 Å². The molecular weight excluding hydrogens is 252 g/mol. The van der Waals surface area contributed by atoms with Gasteiger partial charge in [0.2, 0.25) is 0 Å². The number of anilines is 2. The molecule has 1 aromatic heterocycles. The lowest BCUT2D eigenvalue weighted by atomic mass is 10.1. The van der Waals surface area contributed by atoms with Crippen LogP contribution in [0.1, 0.15) is 49.9 Å². The molecule has 20 heavy (non-hydrogen) atoms. The number of hydrogen-bond donors (Lipinski definition) is 1. The first kappa shape index (κ1) is 13.6. The lowest BCUT2D eigenvalue weighted by molar-refractivity contribution is 0.0525. The highest BCUT2D eigenvalue weighted by Crippen LogP contribution is 2.39. The van der Waals surface area contributed by atoms with Crippen molar-refractivity contribution in [3.63, 3.8) is 0 Å². The molecule has 5 heteroatoms. The van der Waals surface area contributed by atoms with E-state index in [0.717, 1.165) is 49.7 Å². The Balaban J connectivity index is 1.84. The Morgan fingerprint density at radius 1 is 1.30 bits per heavy atom. The minimum atomic E-state index is 0.314. The maximum atomic E-state index is 6.08. The van der Waals surface area contributed by atoms with Crippen LogP contribution < -0.4 is 10.6 Å². The first-order chi connectivity index (χ1) is 9.69. The summed E-state index contributed by atoms with van der Waals surface area (Å²) in [7, 11) is 0. The summed E-state index contributed by atoms with van der Waals surface area (Å²) < 4.78 is 5.78. The van der Waals surface area contributed by atoms with E-state index >= 15 is 0 Å². The molecule has 1 aliphatic carbocycles. The topological polar surface area (TPSA) is 64.3 Å². The summed E-state index contributed by atoms with van der Waals surface area (Å²) in [6.45, 7) is 6.79. The van der Waals surface area contributed by atoms with Gasteiger partial charge in [0, 0.05) is 31.2 Å². The van der Waals surface area contributed by atoms with Gasteiger partial charge in [-0.15, -0.1) is 0 Å². The molecule has 2 aliphatic rings. The predicted molar refractivity (Wildman–Crippen MR) is 80.0 cm³/mol. The van der Waals surface area contributed by atoms with Gasteiger partial charge in [-0.05, 0) is 39.5 Å². The molecule has 110 valence electrons. The summed E-state index contributed by atoms with van der Waals surface area (Å²) in [5.41, 5.74) is 7.08. The first-order valence-electron chi connectivity index (χ1n) is 7.69. The fourth-order valence-corrected chi connectivity index (χ4v) is 2.87. The lowest BCUT2D eigenvalue weighted by Gasteiger charge is -2.34. The molecule has 0 aromatic carbocycles. The lowest BCUT2D eigenvalue weighted by Crippen LogP contribution is -2.40. The van der Waals surface area contributed by atoms with Gasteiger partial charge in [-0.3, -0.25) is 0 Å². The van der Waals surface area contributed by atoms with E-state index in [9.17, 15) is 0 Å². The second kappa shape index (κ2) is 5.56. The molecule has 1 aliphatic heterocycles. The molecule has 1 unspecified atom stereocenters. The summed E-state index contributed by atoms with van der Waals surface area (Å²) in [5.74, 6) is 3.12. The third kappa shape index (κ3) is 2.73. The van der Waals surface area contributed by atoms with Crippen molar-refractivity contribution in [2.45, 2.75) is 51.6 Å². The van der Waals surface area contributed by atoms with Gasteiger partial charge in [0.1, 0.15) is 17.5 Å². The van der Waals surface area contributed by atoms with E-state index < -0.39 is 0 Å². The molecular formula is C15H24N4O. The van der Waals surface area contributed by atoms with Crippen molar-refractivity contribution in [3.05, 3.63) is 11.4 Å². The number of nitrogens with zero attached hydrogens (tertiary/aromatic N) is 3. The molecule has 1 saturated heterocycles. The predicted octanol–water partition coefficient (Wildman–Crippen LogP) is 2.25. The second-order valence-corrected chi connectivity index (χ2v) is 5.86. The maximum absolute atomic E-state index is 6.08. The van der Waals surface area contributed by atoms with Gasteiger partial charge in [-0.2, -0.15) is 0 Å². The third-order valence-electron chi connectivity index (χ3n) is 4.20. The standard InChI is InChI=1S/C15H24N4O/c1-3-20-12-5-4-8-19(9-12)15-10(2)13(16)17-14(18-15)11-6-7-11/h11-12H,3-9H2,1-2H3,(H2,16,17,18). The Morgan fingerprint density at radius 3 is 2.80 bits per heavy atom. The van der Waals surface area contributed by atoms with E-state index in [1.165, 1.54) is 12.8 Å². The van der Waals surface area contributed by atoms with Crippen molar-refractivity contribution in [3.8, 4) is 0 Å². The zero-order valence-corrected chi connectivity index (χ0v) is 12.4. The van der Waals surface area contributed by atoms with Crippen molar-refractivity contribution in [2.24, 2.45) is 0 Å². The summed E-state index contributed by atoms with van der Waals surface area (Å²) in [5, 5.41) is 0. The average molecular weight is 276 g/mol. The van der Waals surface area contributed by atoms with Gasteiger partial charge >= 0.3 is 0 Å².